The minimum Gasteiger partial charge on any atom is -0.389 e. The first-order valence-electron chi connectivity index (χ1n) is 6.23. The Bertz CT molecular complexity index is 576. The molecular formula is C16H18N2S. The van der Waals surface area contributed by atoms with Gasteiger partial charge in [0, 0.05) is 24.8 Å². The highest BCUT2D eigenvalue weighted by atomic mass is 32.1. The number of hydrogen-bond donors (Lipinski definition) is 1. The summed E-state index contributed by atoms with van der Waals surface area (Å²) in [4.78, 5) is 2.65. The monoisotopic (exact) mass is 270 g/mol. The number of anilines is 1. The number of thiocarbonyl (C=S) groups is 1. The van der Waals surface area contributed by atoms with Crippen molar-refractivity contribution in [2.45, 2.75) is 13.5 Å². The SMILES string of the molecule is Cc1ccc(N(C)Cc2cccc(C(N)=S)c2)cc1. The Morgan fingerprint density at radius 3 is 2.47 bits per heavy atom. The average Bonchev–Trinajstić information content (AvgIpc) is 2.39. The third-order valence-electron chi connectivity index (χ3n) is 3.11. The fourth-order valence-electron chi connectivity index (χ4n) is 1.99. The van der Waals surface area contributed by atoms with Crippen LogP contribution in [0.3, 0.4) is 0 Å². The molecule has 0 spiro atoms. The first kappa shape index (κ1) is 13.6. The summed E-state index contributed by atoms with van der Waals surface area (Å²) >= 11 is 5.01. The first-order chi connectivity index (χ1) is 9.06. The molecule has 0 aliphatic heterocycles. The molecule has 0 atom stereocenters. The standard InChI is InChI=1S/C16H18N2S/c1-12-6-8-15(9-7-12)18(2)11-13-4-3-5-14(10-13)16(17)19/h3-10H,11H2,1-2H3,(H2,17,19). The Balaban J connectivity index is 2.14. The van der Waals surface area contributed by atoms with E-state index in [-0.39, 0.29) is 0 Å². The molecular weight excluding hydrogens is 252 g/mol. The van der Waals surface area contributed by atoms with Crippen LogP contribution in [0.5, 0.6) is 0 Å². The van der Waals surface area contributed by atoms with Gasteiger partial charge in [-0.05, 0) is 30.7 Å². The Kier molecular flexibility index (Phi) is 4.17. The molecule has 0 saturated heterocycles. The molecule has 2 N–H and O–H groups in total. The minimum atomic E-state index is 0.444. The molecule has 0 aromatic heterocycles. The van der Waals surface area contributed by atoms with Gasteiger partial charge in [0.1, 0.15) is 4.99 Å². The van der Waals surface area contributed by atoms with Crippen molar-refractivity contribution >= 4 is 22.9 Å². The number of nitrogens with two attached hydrogens (primary N) is 1. The van der Waals surface area contributed by atoms with Gasteiger partial charge >= 0.3 is 0 Å². The van der Waals surface area contributed by atoms with E-state index in [4.69, 9.17) is 18.0 Å². The third kappa shape index (κ3) is 3.55. The Labute approximate surface area is 119 Å². The van der Waals surface area contributed by atoms with Gasteiger partial charge < -0.3 is 10.6 Å². The fourth-order valence-corrected chi connectivity index (χ4v) is 2.11. The van der Waals surface area contributed by atoms with Crippen molar-refractivity contribution in [2.24, 2.45) is 5.73 Å². The van der Waals surface area contributed by atoms with Gasteiger partial charge in [-0.25, -0.2) is 0 Å². The summed E-state index contributed by atoms with van der Waals surface area (Å²) in [6.45, 7) is 2.93. The van der Waals surface area contributed by atoms with Crippen molar-refractivity contribution in [3.63, 3.8) is 0 Å². The minimum absolute atomic E-state index is 0.444. The predicted octanol–water partition coefficient (Wildman–Crippen LogP) is 3.27. The molecule has 0 radical (unpaired) electrons. The van der Waals surface area contributed by atoms with Crippen molar-refractivity contribution in [2.75, 3.05) is 11.9 Å². The van der Waals surface area contributed by atoms with E-state index in [1.807, 2.05) is 18.2 Å². The van der Waals surface area contributed by atoms with Crippen molar-refractivity contribution in [1.29, 1.82) is 0 Å². The zero-order chi connectivity index (χ0) is 13.8. The lowest BCUT2D eigenvalue weighted by Gasteiger charge is -2.20. The summed E-state index contributed by atoms with van der Waals surface area (Å²) in [5.74, 6) is 0. The molecule has 0 saturated carbocycles. The summed E-state index contributed by atoms with van der Waals surface area (Å²) in [6, 6.07) is 16.6. The number of aryl methyl sites for hydroxylation is 1. The van der Waals surface area contributed by atoms with Crippen LogP contribution in [0.2, 0.25) is 0 Å². The van der Waals surface area contributed by atoms with Crippen LogP contribution in [-0.4, -0.2) is 12.0 Å². The molecule has 3 heteroatoms. The van der Waals surface area contributed by atoms with Crippen molar-refractivity contribution < 1.29 is 0 Å². The van der Waals surface area contributed by atoms with Crippen LogP contribution in [0, 0.1) is 6.92 Å². The molecule has 0 fully saturated rings. The first-order valence-corrected chi connectivity index (χ1v) is 6.63. The van der Waals surface area contributed by atoms with Crippen LogP contribution < -0.4 is 10.6 Å². The topological polar surface area (TPSA) is 29.3 Å². The summed E-state index contributed by atoms with van der Waals surface area (Å²) < 4.78 is 0. The van der Waals surface area contributed by atoms with E-state index in [1.54, 1.807) is 0 Å². The second-order valence-electron chi connectivity index (χ2n) is 4.76. The van der Waals surface area contributed by atoms with E-state index < -0.39 is 0 Å². The van der Waals surface area contributed by atoms with Gasteiger partial charge in [0.2, 0.25) is 0 Å². The van der Waals surface area contributed by atoms with Crippen LogP contribution in [-0.2, 0) is 6.54 Å². The molecule has 0 aliphatic rings. The molecule has 2 aromatic rings. The molecule has 98 valence electrons. The van der Waals surface area contributed by atoms with Gasteiger partial charge in [-0.15, -0.1) is 0 Å². The van der Waals surface area contributed by atoms with Gasteiger partial charge in [-0.3, -0.25) is 0 Å². The molecule has 0 aliphatic carbocycles. The molecule has 2 nitrogen and oxygen atoms in total. The summed E-state index contributed by atoms with van der Waals surface area (Å²) in [6.07, 6.45) is 0. The lowest BCUT2D eigenvalue weighted by atomic mass is 10.1. The molecule has 19 heavy (non-hydrogen) atoms. The average molecular weight is 270 g/mol. The van der Waals surface area contributed by atoms with Crippen molar-refractivity contribution in [3.8, 4) is 0 Å². The van der Waals surface area contributed by atoms with E-state index in [0.29, 0.717) is 4.99 Å². The number of nitrogens with zero attached hydrogens (tertiary/aromatic N) is 1. The quantitative estimate of drug-likeness (QED) is 0.865. The smallest absolute Gasteiger partial charge is 0.103 e. The fraction of sp³-hybridized carbons (Fsp3) is 0.188. The van der Waals surface area contributed by atoms with Gasteiger partial charge in [0.05, 0.1) is 0 Å². The van der Waals surface area contributed by atoms with Gasteiger partial charge in [0.15, 0.2) is 0 Å². The van der Waals surface area contributed by atoms with Crippen molar-refractivity contribution in [3.05, 3.63) is 65.2 Å². The van der Waals surface area contributed by atoms with Crippen LogP contribution in [0.25, 0.3) is 0 Å². The second-order valence-corrected chi connectivity index (χ2v) is 5.20. The highest BCUT2D eigenvalue weighted by Gasteiger charge is 2.03. The highest BCUT2D eigenvalue weighted by Crippen LogP contribution is 2.16. The van der Waals surface area contributed by atoms with E-state index in [9.17, 15) is 0 Å². The van der Waals surface area contributed by atoms with Gasteiger partial charge in [0.25, 0.3) is 0 Å². The third-order valence-corrected chi connectivity index (χ3v) is 3.34. The predicted molar refractivity (Wildman–Crippen MR) is 85.6 cm³/mol. The lowest BCUT2D eigenvalue weighted by molar-refractivity contribution is 0.922. The molecule has 0 amide bonds. The summed E-state index contributed by atoms with van der Waals surface area (Å²) in [7, 11) is 2.08. The van der Waals surface area contributed by atoms with E-state index in [1.165, 1.54) is 16.8 Å². The van der Waals surface area contributed by atoms with Crippen LogP contribution in [0.15, 0.2) is 48.5 Å². The highest BCUT2D eigenvalue weighted by molar-refractivity contribution is 7.80. The molecule has 0 heterocycles. The maximum atomic E-state index is 5.66. The van der Waals surface area contributed by atoms with Crippen molar-refractivity contribution in [1.82, 2.24) is 0 Å². The van der Waals surface area contributed by atoms with Gasteiger partial charge in [-0.1, -0.05) is 48.1 Å². The van der Waals surface area contributed by atoms with Gasteiger partial charge in [-0.2, -0.15) is 0 Å². The van der Waals surface area contributed by atoms with E-state index in [2.05, 4.69) is 49.2 Å². The molecule has 0 bridgehead atoms. The maximum absolute atomic E-state index is 5.66. The zero-order valence-electron chi connectivity index (χ0n) is 11.3. The Morgan fingerprint density at radius 1 is 1.16 bits per heavy atom. The number of benzene rings is 2. The molecule has 2 aromatic carbocycles. The normalized spacial score (nSPS) is 10.2. The van der Waals surface area contributed by atoms with Crippen LogP contribution in [0.4, 0.5) is 5.69 Å². The molecule has 2 rings (SSSR count). The Morgan fingerprint density at radius 2 is 1.84 bits per heavy atom. The summed E-state index contributed by atoms with van der Waals surface area (Å²) in [5.41, 5.74) is 10.3. The molecule has 0 unspecified atom stereocenters. The Hall–Kier alpha value is -1.87. The number of rotatable bonds is 4. The maximum Gasteiger partial charge on any atom is 0.103 e. The van der Waals surface area contributed by atoms with Crippen LogP contribution in [0.1, 0.15) is 16.7 Å². The second kappa shape index (κ2) is 5.85. The zero-order valence-corrected chi connectivity index (χ0v) is 12.1. The summed E-state index contributed by atoms with van der Waals surface area (Å²) in [5, 5.41) is 0. The largest absolute Gasteiger partial charge is 0.389 e. The van der Waals surface area contributed by atoms with E-state index in [0.717, 1.165) is 12.1 Å². The van der Waals surface area contributed by atoms with Crippen LogP contribution >= 0.6 is 12.2 Å². The van der Waals surface area contributed by atoms with E-state index >= 15 is 0 Å². The lowest BCUT2D eigenvalue weighted by Crippen LogP contribution is -2.17. The number of hydrogen-bond acceptors (Lipinski definition) is 2.